The summed E-state index contributed by atoms with van der Waals surface area (Å²) >= 11 is 0. The Balaban J connectivity index is 2.26. The monoisotopic (exact) mass is 255 g/mol. The summed E-state index contributed by atoms with van der Waals surface area (Å²) in [6.07, 6.45) is 3.98. The van der Waals surface area contributed by atoms with Gasteiger partial charge in [-0.1, -0.05) is 18.1 Å². The minimum Gasteiger partial charge on any atom is -0.356 e. The Morgan fingerprint density at radius 3 is 3.16 bits per heavy atom. The van der Waals surface area contributed by atoms with Gasteiger partial charge in [0.25, 0.3) is 5.91 Å². The predicted octanol–water partition coefficient (Wildman–Crippen LogP) is 2.26. The van der Waals surface area contributed by atoms with Gasteiger partial charge in [-0.3, -0.25) is 4.79 Å². The first-order chi connectivity index (χ1) is 9.24. The Morgan fingerprint density at radius 1 is 1.58 bits per heavy atom. The summed E-state index contributed by atoms with van der Waals surface area (Å²) in [6.45, 7) is 2.51. The summed E-state index contributed by atoms with van der Waals surface area (Å²) in [5.74, 6) is -0.352. The molecule has 1 aromatic carbocycles. The van der Waals surface area contributed by atoms with Gasteiger partial charge < -0.3 is 9.84 Å². The van der Waals surface area contributed by atoms with E-state index in [1.54, 1.807) is 24.4 Å². The number of rotatable bonds is 4. The van der Waals surface area contributed by atoms with Crippen molar-refractivity contribution in [3.05, 3.63) is 35.5 Å². The molecule has 0 bridgehead atoms. The molecule has 1 heterocycles. The molecule has 0 aliphatic carbocycles. The number of amides is 1. The van der Waals surface area contributed by atoms with Gasteiger partial charge in [-0.05, 0) is 30.2 Å². The average molecular weight is 255 g/mol. The molecule has 5 heteroatoms. The molecular formula is C14H13N3O2. The fourth-order valence-electron chi connectivity index (χ4n) is 1.63. The molecular weight excluding hydrogens is 242 g/mol. The van der Waals surface area contributed by atoms with Gasteiger partial charge in [-0.2, -0.15) is 5.26 Å². The van der Waals surface area contributed by atoms with Gasteiger partial charge in [-0.15, -0.1) is 0 Å². The van der Waals surface area contributed by atoms with Crippen molar-refractivity contribution in [3.63, 3.8) is 0 Å². The van der Waals surface area contributed by atoms with E-state index < -0.39 is 0 Å². The predicted molar refractivity (Wildman–Crippen MR) is 70.9 cm³/mol. The van der Waals surface area contributed by atoms with Crippen LogP contribution in [-0.4, -0.2) is 17.6 Å². The zero-order chi connectivity index (χ0) is 13.7. The summed E-state index contributed by atoms with van der Waals surface area (Å²) in [5.41, 5.74) is 1.52. The number of hydrogen-bond donors (Lipinski definition) is 1. The fraction of sp³-hybridized carbons (Fsp3) is 0.214. The van der Waals surface area contributed by atoms with Crippen LogP contribution in [0.2, 0.25) is 0 Å². The number of hydrogen-bond acceptors (Lipinski definition) is 4. The largest absolute Gasteiger partial charge is 0.356 e. The van der Waals surface area contributed by atoms with E-state index in [0.29, 0.717) is 12.1 Å². The second-order valence-corrected chi connectivity index (χ2v) is 4.05. The van der Waals surface area contributed by atoms with Gasteiger partial charge in [0, 0.05) is 11.9 Å². The van der Waals surface area contributed by atoms with Gasteiger partial charge in [0.1, 0.15) is 11.6 Å². The molecule has 2 rings (SSSR count). The van der Waals surface area contributed by atoms with Crippen molar-refractivity contribution in [1.29, 1.82) is 5.26 Å². The van der Waals surface area contributed by atoms with Crippen molar-refractivity contribution in [2.75, 3.05) is 6.54 Å². The minimum absolute atomic E-state index is 0.0873. The Bertz CT molecular complexity index is 665. The number of aromatic nitrogens is 1. The van der Waals surface area contributed by atoms with Crippen LogP contribution in [-0.2, 0) is 4.79 Å². The van der Waals surface area contributed by atoms with E-state index in [4.69, 9.17) is 9.78 Å². The molecule has 0 aliphatic heterocycles. The Hall–Kier alpha value is -2.61. The highest BCUT2D eigenvalue weighted by Crippen LogP contribution is 2.17. The molecule has 2 aromatic rings. The van der Waals surface area contributed by atoms with Gasteiger partial charge in [-0.25, -0.2) is 0 Å². The summed E-state index contributed by atoms with van der Waals surface area (Å²) in [7, 11) is 0. The number of nitrogens with zero attached hydrogens (tertiary/aromatic N) is 2. The van der Waals surface area contributed by atoms with Crippen LogP contribution in [0, 0.1) is 11.3 Å². The highest BCUT2D eigenvalue weighted by Gasteiger charge is 2.08. The summed E-state index contributed by atoms with van der Waals surface area (Å²) < 4.78 is 4.99. The van der Waals surface area contributed by atoms with Crippen LogP contribution in [0.3, 0.4) is 0 Å². The molecule has 1 N–H and O–H groups in total. The second-order valence-electron chi connectivity index (χ2n) is 4.05. The third-order valence-corrected chi connectivity index (χ3v) is 2.59. The Morgan fingerprint density at radius 2 is 2.42 bits per heavy atom. The lowest BCUT2D eigenvalue weighted by molar-refractivity contribution is -0.117. The first-order valence-corrected chi connectivity index (χ1v) is 5.99. The minimum atomic E-state index is -0.352. The van der Waals surface area contributed by atoms with E-state index >= 15 is 0 Å². The molecule has 0 radical (unpaired) electrons. The fourth-order valence-corrected chi connectivity index (χ4v) is 1.63. The molecule has 0 unspecified atom stereocenters. The molecule has 0 fully saturated rings. The number of carbonyl (C=O) groups is 1. The van der Waals surface area contributed by atoms with Gasteiger partial charge >= 0.3 is 0 Å². The molecule has 1 amide bonds. The number of benzene rings is 1. The lowest BCUT2D eigenvalue weighted by Crippen LogP contribution is -2.25. The summed E-state index contributed by atoms with van der Waals surface area (Å²) in [5, 5.41) is 16.2. The summed E-state index contributed by atoms with van der Waals surface area (Å²) in [4.78, 5) is 11.7. The molecule has 5 nitrogen and oxygen atoms in total. The second kappa shape index (κ2) is 5.83. The zero-order valence-corrected chi connectivity index (χ0v) is 10.5. The van der Waals surface area contributed by atoms with Crippen LogP contribution in [0.1, 0.15) is 18.9 Å². The maximum atomic E-state index is 11.7. The maximum Gasteiger partial charge on any atom is 0.261 e. The molecule has 1 aromatic heterocycles. The van der Waals surface area contributed by atoms with Crippen molar-refractivity contribution >= 4 is 23.0 Å². The standard InChI is InChI=1S/C14H13N3O2/c1-2-5-16-14(18)11(8-15)6-10-3-4-13-12(7-10)9-17-19-13/h3-4,6-7,9H,2,5H2,1H3,(H,16,18)/b11-6-. The van der Waals surface area contributed by atoms with Crippen LogP contribution in [0.5, 0.6) is 0 Å². The van der Waals surface area contributed by atoms with Crippen LogP contribution in [0.4, 0.5) is 0 Å². The van der Waals surface area contributed by atoms with Crippen molar-refractivity contribution in [3.8, 4) is 6.07 Å². The molecule has 96 valence electrons. The van der Waals surface area contributed by atoms with Crippen molar-refractivity contribution < 1.29 is 9.32 Å². The first kappa shape index (κ1) is 12.8. The van der Waals surface area contributed by atoms with Crippen LogP contribution < -0.4 is 5.32 Å². The number of nitrogens with one attached hydrogen (secondary N) is 1. The number of carbonyl (C=O) groups excluding carboxylic acids is 1. The number of fused-ring (bicyclic) bond motifs is 1. The highest BCUT2D eigenvalue weighted by atomic mass is 16.5. The SMILES string of the molecule is CCCNC(=O)/C(C#N)=C\c1ccc2oncc2c1. The van der Waals surface area contributed by atoms with Gasteiger partial charge in [0.15, 0.2) is 5.58 Å². The highest BCUT2D eigenvalue weighted by molar-refractivity contribution is 6.02. The van der Waals surface area contributed by atoms with Gasteiger partial charge in [0.05, 0.1) is 6.20 Å². The van der Waals surface area contributed by atoms with E-state index in [0.717, 1.165) is 17.4 Å². The lowest BCUT2D eigenvalue weighted by Gasteiger charge is -2.01. The van der Waals surface area contributed by atoms with Crippen LogP contribution in [0.25, 0.3) is 17.0 Å². The molecule has 0 saturated carbocycles. The van der Waals surface area contributed by atoms with Crippen LogP contribution >= 0.6 is 0 Å². The zero-order valence-electron chi connectivity index (χ0n) is 10.5. The molecule has 0 atom stereocenters. The van der Waals surface area contributed by atoms with E-state index in [2.05, 4.69) is 10.5 Å². The maximum absolute atomic E-state index is 11.7. The molecule has 19 heavy (non-hydrogen) atoms. The van der Waals surface area contributed by atoms with Crippen molar-refractivity contribution in [2.45, 2.75) is 13.3 Å². The average Bonchev–Trinajstić information content (AvgIpc) is 2.89. The quantitative estimate of drug-likeness (QED) is 0.671. The van der Waals surface area contributed by atoms with Gasteiger partial charge in [0.2, 0.25) is 0 Å². The molecule has 0 spiro atoms. The van der Waals surface area contributed by atoms with E-state index in [9.17, 15) is 4.79 Å². The normalized spacial score (nSPS) is 11.3. The van der Waals surface area contributed by atoms with E-state index in [1.807, 2.05) is 19.1 Å². The smallest absolute Gasteiger partial charge is 0.261 e. The molecule has 0 saturated heterocycles. The van der Waals surface area contributed by atoms with E-state index in [1.165, 1.54) is 0 Å². The number of nitriles is 1. The van der Waals surface area contributed by atoms with Crippen molar-refractivity contribution in [1.82, 2.24) is 10.5 Å². The summed E-state index contributed by atoms with van der Waals surface area (Å²) in [6, 6.07) is 7.26. The lowest BCUT2D eigenvalue weighted by atomic mass is 10.1. The Labute approximate surface area is 110 Å². The third kappa shape index (κ3) is 2.99. The first-order valence-electron chi connectivity index (χ1n) is 5.99. The Kier molecular flexibility index (Phi) is 3.94. The van der Waals surface area contributed by atoms with E-state index in [-0.39, 0.29) is 11.5 Å². The molecule has 0 aliphatic rings. The third-order valence-electron chi connectivity index (χ3n) is 2.59. The van der Waals surface area contributed by atoms with Crippen molar-refractivity contribution in [2.24, 2.45) is 0 Å². The topological polar surface area (TPSA) is 78.9 Å². The van der Waals surface area contributed by atoms with Crippen LogP contribution in [0.15, 0.2) is 34.5 Å².